The molecule has 0 spiro atoms. The molecule has 2 heterocycles. The van der Waals surface area contributed by atoms with Crippen LogP contribution in [0.3, 0.4) is 0 Å². The second-order valence-corrected chi connectivity index (χ2v) is 7.74. The monoisotopic (exact) mass is 334 g/mol. The molecule has 0 radical (unpaired) electrons. The molecule has 2 unspecified atom stereocenters. The number of amides is 1. The normalized spacial score (nSPS) is 20.4. The fourth-order valence-corrected chi connectivity index (χ4v) is 3.17. The minimum Gasteiger partial charge on any atom is -0.381 e. The van der Waals surface area contributed by atoms with Crippen molar-refractivity contribution in [2.45, 2.75) is 37.8 Å². The van der Waals surface area contributed by atoms with Crippen LogP contribution in [0.2, 0.25) is 0 Å². The van der Waals surface area contributed by atoms with Crippen LogP contribution in [-0.4, -0.2) is 38.1 Å². The van der Waals surface area contributed by atoms with Gasteiger partial charge >= 0.3 is 0 Å². The molecule has 1 amide bonds. The van der Waals surface area contributed by atoms with Crippen molar-refractivity contribution < 1.29 is 17.9 Å². The number of halogens is 1. The number of aryl methyl sites for hydroxylation is 1. The van der Waals surface area contributed by atoms with Crippen LogP contribution < -0.4 is 5.32 Å². The molecule has 2 atom stereocenters. The predicted molar refractivity (Wildman–Crippen MR) is 79.0 cm³/mol. The summed E-state index contributed by atoms with van der Waals surface area (Å²) in [7, 11) is 1.48. The fraction of sp³-hybridized carbons (Fsp3) is 0.615. The summed E-state index contributed by atoms with van der Waals surface area (Å²) in [5, 5.41) is 2.90. The van der Waals surface area contributed by atoms with Gasteiger partial charge < -0.3 is 14.6 Å². The Labute approximate surface area is 128 Å². The van der Waals surface area contributed by atoms with Gasteiger partial charge in [0, 0.05) is 42.0 Å². The maximum Gasteiger partial charge on any atom is 0.268 e. The van der Waals surface area contributed by atoms with E-state index in [-0.39, 0.29) is 22.8 Å². The molecule has 1 aliphatic rings. The standard InChI is InChI=1S/C13H19ClN2O4S/c1-3-16-7-11(21(14,18)19)6-12(16)13(17)15-9(2)10-4-5-20-8-10/h6-7,9-10H,3-5,8H2,1-2H3,(H,15,17). The second kappa shape index (κ2) is 6.37. The average molecular weight is 335 g/mol. The van der Waals surface area contributed by atoms with Crippen LogP contribution in [0.15, 0.2) is 17.2 Å². The predicted octanol–water partition coefficient (Wildman–Crippen LogP) is 1.59. The van der Waals surface area contributed by atoms with Crippen molar-refractivity contribution >= 4 is 25.6 Å². The molecule has 6 nitrogen and oxygen atoms in total. The molecule has 1 aliphatic heterocycles. The lowest BCUT2D eigenvalue weighted by Gasteiger charge is -2.19. The average Bonchev–Trinajstić information content (AvgIpc) is 3.07. The first-order valence-electron chi connectivity index (χ1n) is 6.86. The van der Waals surface area contributed by atoms with Gasteiger partial charge in [-0.15, -0.1) is 0 Å². The van der Waals surface area contributed by atoms with Gasteiger partial charge in [0.25, 0.3) is 15.0 Å². The van der Waals surface area contributed by atoms with E-state index in [1.165, 1.54) is 12.3 Å². The number of aromatic nitrogens is 1. The van der Waals surface area contributed by atoms with E-state index in [2.05, 4.69) is 5.32 Å². The summed E-state index contributed by atoms with van der Waals surface area (Å²) in [6.07, 6.45) is 2.29. The van der Waals surface area contributed by atoms with Crippen LogP contribution in [0, 0.1) is 5.92 Å². The van der Waals surface area contributed by atoms with Crippen molar-refractivity contribution in [3.63, 3.8) is 0 Å². The molecule has 1 N–H and O–H groups in total. The van der Waals surface area contributed by atoms with E-state index >= 15 is 0 Å². The third kappa shape index (κ3) is 3.78. The molecule has 0 aliphatic carbocycles. The Morgan fingerprint density at radius 3 is 2.86 bits per heavy atom. The quantitative estimate of drug-likeness (QED) is 0.829. The lowest BCUT2D eigenvalue weighted by atomic mass is 10.0. The summed E-state index contributed by atoms with van der Waals surface area (Å²) in [4.78, 5) is 12.3. The van der Waals surface area contributed by atoms with E-state index in [1.54, 1.807) is 4.57 Å². The lowest BCUT2D eigenvalue weighted by molar-refractivity contribution is 0.0913. The summed E-state index contributed by atoms with van der Waals surface area (Å²) < 4.78 is 29.6. The highest BCUT2D eigenvalue weighted by molar-refractivity contribution is 8.13. The highest BCUT2D eigenvalue weighted by Gasteiger charge is 2.26. The van der Waals surface area contributed by atoms with Gasteiger partial charge in [-0.1, -0.05) is 0 Å². The van der Waals surface area contributed by atoms with Gasteiger partial charge in [-0.2, -0.15) is 0 Å². The number of hydrogen-bond donors (Lipinski definition) is 1. The van der Waals surface area contributed by atoms with Crippen molar-refractivity contribution in [1.29, 1.82) is 0 Å². The molecule has 2 rings (SSSR count). The Balaban J connectivity index is 2.16. The SMILES string of the molecule is CCn1cc(S(=O)(=O)Cl)cc1C(=O)NC(C)C1CCOC1. The first-order valence-corrected chi connectivity index (χ1v) is 9.17. The molecule has 1 aromatic rings. The van der Waals surface area contributed by atoms with Crippen LogP contribution in [0.5, 0.6) is 0 Å². The lowest BCUT2D eigenvalue weighted by Crippen LogP contribution is -2.39. The number of carbonyl (C=O) groups excluding carboxylic acids is 1. The van der Waals surface area contributed by atoms with Gasteiger partial charge in [0.05, 0.1) is 6.61 Å². The Kier molecular flexibility index (Phi) is 4.95. The van der Waals surface area contributed by atoms with E-state index < -0.39 is 9.05 Å². The molecule has 1 aromatic heterocycles. The second-order valence-electron chi connectivity index (χ2n) is 5.17. The van der Waals surface area contributed by atoms with Crippen molar-refractivity contribution in [3.05, 3.63) is 18.0 Å². The molecule has 118 valence electrons. The third-order valence-corrected chi connectivity index (χ3v) is 5.08. The number of rotatable bonds is 5. The summed E-state index contributed by atoms with van der Waals surface area (Å²) in [5.74, 6) is -0.0157. The van der Waals surface area contributed by atoms with E-state index in [0.717, 1.165) is 6.42 Å². The summed E-state index contributed by atoms with van der Waals surface area (Å²) >= 11 is 0. The minimum atomic E-state index is -3.84. The van der Waals surface area contributed by atoms with Crippen LogP contribution in [0.4, 0.5) is 0 Å². The Bertz CT molecular complexity index is 620. The van der Waals surface area contributed by atoms with E-state index in [4.69, 9.17) is 15.4 Å². The molecule has 1 saturated heterocycles. The van der Waals surface area contributed by atoms with E-state index in [9.17, 15) is 13.2 Å². The molecule has 0 saturated carbocycles. The highest BCUT2D eigenvalue weighted by atomic mass is 35.7. The van der Waals surface area contributed by atoms with Gasteiger partial charge in [-0.25, -0.2) is 8.42 Å². The number of hydrogen-bond acceptors (Lipinski definition) is 4. The molecular formula is C13H19ClN2O4S. The number of nitrogens with one attached hydrogen (secondary N) is 1. The summed E-state index contributed by atoms with van der Waals surface area (Å²) in [5.41, 5.74) is 0.294. The summed E-state index contributed by atoms with van der Waals surface area (Å²) in [6.45, 7) is 5.59. The highest BCUT2D eigenvalue weighted by Crippen LogP contribution is 2.20. The maximum absolute atomic E-state index is 12.3. The van der Waals surface area contributed by atoms with Gasteiger partial charge in [-0.05, 0) is 26.3 Å². The van der Waals surface area contributed by atoms with Crippen molar-refractivity contribution in [2.75, 3.05) is 13.2 Å². The van der Waals surface area contributed by atoms with Crippen LogP contribution >= 0.6 is 10.7 Å². The number of carbonyl (C=O) groups is 1. The largest absolute Gasteiger partial charge is 0.381 e. The first-order chi connectivity index (χ1) is 9.82. The number of nitrogens with zero attached hydrogens (tertiary/aromatic N) is 1. The Morgan fingerprint density at radius 1 is 1.62 bits per heavy atom. The minimum absolute atomic E-state index is 0.0312. The zero-order chi connectivity index (χ0) is 15.6. The van der Waals surface area contributed by atoms with Gasteiger partial charge in [0.15, 0.2) is 0 Å². The maximum atomic E-state index is 12.3. The molecule has 0 aromatic carbocycles. The molecule has 21 heavy (non-hydrogen) atoms. The van der Waals surface area contributed by atoms with Crippen LogP contribution in [-0.2, 0) is 20.3 Å². The summed E-state index contributed by atoms with van der Waals surface area (Å²) in [6, 6.07) is 1.27. The van der Waals surface area contributed by atoms with E-state index in [1.807, 2.05) is 13.8 Å². The first kappa shape index (κ1) is 16.3. The fourth-order valence-electron chi connectivity index (χ4n) is 2.41. The molecule has 1 fully saturated rings. The van der Waals surface area contributed by atoms with Gasteiger partial charge in [0.1, 0.15) is 10.6 Å². The van der Waals surface area contributed by atoms with Crippen molar-refractivity contribution in [2.24, 2.45) is 5.92 Å². The third-order valence-electron chi connectivity index (χ3n) is 3.76. The van der Waals surface area contributed by atoms with Gasteiger partial charge in [-0.3, -0.25) is 4.79 Å². The van der Waals surface area contributed by atoms with Crippen molar-refractivity contribution in [3.8, 4) is 0 Å². The topological polar surface area (TPSA) is 77.4 Å². The van der Waals surface area contributed by atoms with Crippen LogP contribution in [0.1, 0.15) is 30.8 Å². The zero-order valence-electron chi connectivity index (χ0n) is 12.0. The van der Waals surface area contributed by atoms with Crippen LogP contribution in [0.25, 0.3) is 0 Å². The van der Waals surface area contributed by atoms with Crippen molar-refractivity contribution in [1.82, 2.24) is 9.88 Å². The zero-order valence-corrected chi connectivity index (χ0v) is 13.6. The van der Waals surface area contributed by atoms with E-state index in [0.29, 0.717) is 25.5 Å². The molecule has 0 bridgehead atoms. The number of ether oxygens (including phenoxy) is 1. The smallest absolute Gasteiger partial charge is 0.268 e. The Morgan fingerprint density at radius 2 is 2.33 bits per heavy atom. The Hall–Kier alpha value is -1.05. The molecule has 8 heteroatoms. The molecular weight excluding hydrogens is 316 g/mol. The van der Waals surface area contributed by atoms with Gasteiger partial charge in [0.2, 0.25) is 0 Å².